The molecule has 163 valence electrons. The van der Waals surface area contributed by atoms with Crippen LogP contribution in [0.25, 0.3) is 22.3 Å². The van der Waals surface area contributed by atoms with E-state index in [4.69, 9.17) is 0 Å². The Kier molecular flexibility index (Phi) is 6.10. The highest BCUT2D eigenvalue weighted by Gasteiger charge is 2.33. The van der Waals surface area contributed by atoms with Gasteiger partial charge in [0.25, 0.3) is 0 Å². The average molecular weight is 447 g/mol. The molecule has 0 aliphatic carbocycles. The molecule has 0 N–H and O–H groups in total. The summed E-state index contributed by atoms with van der Waals surface area (Å²) >= 11 is 0. The first-order chi connectivity index (χ1) is 14.4. The summed E-state index contributed by atoms with van der Waals surface area (Å²) in [5.41, 5.74) is -0.613. The van der Waals surface area contributed by atoms with Crippen molar-refractivity contribution in [2.75, 3.05) is 0 Å². The van der Waals surface area contributed by atoms with Crippen LogP contribution in [-0.2, 0) is 6.18 Å². The van der Waals surface area contributed by atoms with Gasteiger partial charge in [-0.15, -0.1) is 13.2 Å². The quantitative estimate of drug-likeness (QED) is 0.381. The van der Waals surface area contributed by atoms with Crippen LogP contribution < -0.4 is 9.47 Å². The largest absolute Gasteiger partial charge is 0.573 e. The van der Waals surface area contributed by atoms with Gasteiger partial charge in [-0.3, -0.25) is 0 Å². The molecule has 0 saturated carbocycles. The van der Waals surface area contributed by atoms with Gasteiger partial charge in [-0.05, 0) is 53.1 Å². The Bertz CT molecular complexity index is 1040. The second kappa shape index (κ2) is 8.44. The fourth-order valence-electron chi connectivity index (χ4n) is 2.84. The Balaban J connectivity index is 2.09. The molecule has 10 heteroatoms. The molecule has 2 nitrogen and oxygen atoms in total. The highest BCUT2D eigenvalue weighted by Crippen LogP contribution is 2.42. The van der Waals surface area contributed by atoms with Gasteiger partial charge in [-0.25, -0.2) is 0 Å². The molecule has 0 unspecified atom stereocenters. The van der Waals surface area contributed by atoms with Crippen molar-refractivity contribution < 1.29 is 44.6 Å². The maximum atomic E-state index is 12.8. The molecule has 0 aliphatic rings. The highest BCUT2D eigenvalue weighted by molar-refractivity contribution is 5.80. The van der Waals surface area contributed by atoms with Crippen LogP contribution in [-0.4, -0.2) is 13.0 Å². The van der Waals surface area contributed by atoms with Gasteiger partial charge in [-0.2, -0.15) is 22.0 Å². The number of ether oxygens (including phenoxy) is 2. The molecule has 0 bridgehead atoms. The van der Waals surface area contributed by atoms with Gasteiger partial charge >= 0.3 is 19.2 Å². The minimum absolute atomic E-state index is 0.0151. The van der Waals surface area contributed by atoms with E-state index < -0.39 is 41.8 Å². The summed E-state index contributed by atoms with van der Waals surface area (Å²) in [4.78, 5) is 0. The Morgan fingerprint density at radius 2 is 1.35 bits per heavy atom. The third-order valence-electron chi connectivity index (χ3n) is 4.06. The molecule has 3 rings (SSSR count). The molecule has 31 heavy (non-hydrogen) atoms. The lowest BCUT2D eigenvalue weighted by Gasteiger charge is -2.17. The number of hydrogen-bond acceptors (Lipinski definition) is 2. The van der Waals surface area contributed by atoms with Gasteiger partial charge in [0.1, 0.15) is 11.5 Å². The van der Waals surface area contributed by atoms with Crippen LogP contribution in [0.3, 0.4) is 0 Å². The zero-order valence-electron chi connectivity index (χ0n) is 15.2. The van der Waals surface area contributed by atoms with Crippen molar-refractivity contribution in [1.82, 2.24) is 0 Å². The normalized spacial score (nSPS) is 12.2. The van der Waals surface area contributed by atoms with Crippen LogP contribution in [0, 0.1) is 6.07 Å². The zero-order valence-corrected chi connectivity index (χ0v) is 15.2. The first-order valence-corrected chi connectivity index (χ1v) is 8.47. The maximum absolute atomic E-state index is 12.8. The summed E-state index contributed by atoms with van der Waals surface area (Å²) < 4.78 is 110. The SMILES string of the molecule is FC(F)Oc1c[c]cc(OC(F)(F)F)c1-c1cccc(-c2ccc(C(F)(F)F)cc2)c1. The smallest absolute Gasteiger partial charge is 0.434 e. The van der Waals surface area contributed by atoms with Crippen LogP contribution in [0.5, 0.6) is 11.5 Å². The molecule has 0 atom stereocenters. The molecule has 0 spiro atoms. The Morgan fingerprint density at radius 3 is 1.94 bits per heavy atom. The van der Waals surface area contributed by atoms with Gasteiger partial charge in [0, 0.05) is 0 Å². The molecule has 0 heterocycles. The Morgan fingerprint density at radius 1 is 0.742 bits per heavy atom. The van der Waals surface area contributed by atoms with Crippen molar-refractivity contribution in [3.8, 4) is 33.8 Å². The van der Waals surface area contributed by atoms with E-state index >= 15 is 0 Å². The van der Waals surface area contributed by atoms with Gasteiger partial charge in [0.2, 0.25) is 0 Å². The Labute approximate surface area is 170 Å². The first-order valence-electron chi connectivity index (χ1n) is 8.47. The van der Waals surface area contributed by atoms with Gasteiger partial charge in [0.15, 0.2) is 0 Å². The molecule has 0 fully saturated rings. The predicted octanol–water partition coefficient (Wildman–Crippen LogP) is 7.34. The van der Waals surface area contributed by atoms with Gasteiger partial charge < -0.3 is 9.47 Å². The molecule has 0 aliphatic heterocycles. The third kappa shape index (κ3) is 5.65. The fraction of sp³-hybridized carbons (Fsp3) is 0.143. The van der Waals surface area contributed by atoms with Crippen molar-refractivity contribution >= 4 is 0 Å². The van der Waals surface area contributed by atoms with E-state index in [2.05, 4.69) is 15.5 Å². The highest BCUT2D eigenvalue weighted by atomic mass is 19.4. The molecule has 3 aromatic rings. The molecular weight excluding hydrogens is 436 g/mol. The topological polar surface area (TPSA) is 18.5 Å². The summed E-state index contributed by atoms with van der Waals surface area (Å²) in [6, 6.07) is 13.6. The van der Waals surface area contributed by atoms with Crippen LogP contribution in [0.1, 0.15) is 5.56 Å². The minimum Gasteiger partial charge on any atom is -0.434 e. The van der Waals surface area contributed by atoms with Crippen LogP contribution >= 0.6 is 0 Å². The van der Waals surface area contributed by atoms with E-state index in [9.17, 15) is 35.1 Å². The first kappa shape index (κ1) is 22.4. The molecule has 0 aromatic heterocycles. The van der Waals surface area contributed by atoms with Gasteiger partial charge in [0.05, 0.1) is 11.1 Å². The number of hydrogen-bond donors (Lipinski definition) is 0. The van der Waals surface area contributed by atoms with Crippen LogP contribution in [0.2, 0.25) is 0 Å². The van der Waals surface area contributed by atoms with E-state index in [1.54, 1.807) is 0 Å². The van der Waals surface area contributed by atoms with E-state index in [1.807, 2.05) is 0 Å². The molecule has 0 saturated heterocycles. The standard InChI is InChI=1S/C21H11F8O2/c22-19(23)30-16-5-2-6-17(31-21(27,28)29)18(16)14-4-1-3-13(11-14)12-7-9-15(10-8-12)20(24,25)26/h1,3-11,19H. The average Bonchev–Trinajstić information content (AvgIpc) is 2.66. The lowest BCUT2D eigenvalue weighted by atomic mass is 9.97. The summed E-state index contributed by atoms with van der Waals surface area (Å²) in [5, 5.41) is 0. The molecule has 0 amide bonds. The van der Waals surface area contributed by atoms with E-state index in [-0.39, 0.29) is 5.56 Å². The minimum atomic E-state index is -5.11. The fourth-order valence-corrected chi connectivity index (χ4v) is 2.84. The second-order valence-electron chi connectivity index (χ2n) is 6.14. The number of rotatable bonds is 5. The van der Waals surface area contributed by atoms with Crippen molar-refractivity contribution in [3.05, 3.63) is 72.3 Å². The monoisotopic (exact) mass is 447 g/mol. The van der Waals surface area contributed by atoms with E-state index in [0.29, 0.717) is 11.1 Å². The van der Waals surface area contributed by atoms with E-state index in [0.717, 1.165) is 24.3 Å². The lowest BCUT2D eigenvalue weighted by molar-refractivity contribution is -0.274. The third-order valence-corrected chi connectivity index (χ3v) is 4.06. The van der Waals surface area contributed by atoms with Gasteiger partial charge in [-0.1, -0.05) is 30.3 Å². The Hall–Kier alpha value is -3.30. The number of alkyl halides is 8. The zero-order chi connectivity index (χ0) is 22.8. The molecule has 3 aromatic carbocycles. The second-order valence-corrected chi connectivity index (χ2v) is 6.14. The lowest BCUT2D eigenvalue weighted by Crippen LogP contribution is -2.18. The summed E-state index contributed by atoms with van der Waals surface area (Å²) in [6.45, 7) is -3.33. The number of halogens is 8. The predicted molar refractivity (Wildman–Crippen MR) is 94.5 cm³/mol. The maximum Gasteiger partial charge on any atom is 0.573 e. The number of benzene rings is 3. The molecule has 1 radical (unpaired) electrons. The van der Waals surface area contributed by atoms with E-state index in [1.165, 1.54) is 36.4 Å². The summed E-state index contributed by atoms with van der Waals surface area (Å²) in [6.07, 6.45) is -9.65. The molecular formula is C21H11F8O2. The van der Waals surface area contributed by atoms with Crippen LogP contribution in [0.4, 0.5) is 35.1 Å². The van der Waals surface area contributed by atoms with Crippen LogP contribution in [0.15, 0.2) is 60.7 Å². The summed E-state index contributed by atoms with van der Waals surface area (Å²) in [7, 11) is 0. The van der Waals surface area contributed by atoms with Crippen molar-refractivity contribution in [3.63, 3.8) is 0 Å². The van der Waals surface area contributed by atoms with Crippen molar-refractivity contribution in [2.24, 2.45) is 0 Å². The van der Waals surface area contributed by atoms with Crippen molar-refractivity contribution in [1.29, 1.82) is 0 Å². The van der Waals surface area contributed by atoms with Crippen molar-refractivity contribution in [2.45, 2.75) is 19.2 Å². The summed E-state index contributed by atoms with van der Waals surface area (Å²) in [5.74, 6) is -1.43.